The lowest BCUT2D eigenvalue weighted by atomic mass is 10.2. The van der Waals surface area contributed by atoms with Gasteiger partial charge in [0, 0.05) is 29.7 Å². The van der Waals surface area contributed by atoms with Crippen LogP contribution >= 0.6 is 11.6 Å². The maximum absolute atomic E-state index is 14.3. The van der Waals surface area contributed by atoms with E-state index in [0.29, 0.717) is 6.07 Å². The standard InChI is InChI=1S/C19H14ClF4N5O2/c20-12-3-1-9(7-11(12)19(22,23)24)28-18(30)29-10-2-4-14(13(21)8-10)31-15-5-6-27-17(26)16(15)25/h1-8H,25H2,(H2,26,27)(H2,28,29,30). The van der Waals surface area contributed by atoms with E-state index < -0.39 is 28.6 Å². The van der Waals surface area contributed by atoms with Crippen molar-refractivity contribution < 1.29 is 27.1 Å². The number of nitrogen functional groups attached to an aromatic ring is 2. The zero-order valence-electron chi connectivity index (χ0n) is 15.4. The number of pyridine rings is 1. The molecule has 0 aliphatic carbocycles. The Morgan fingerprint density at radius 3 is 2.29 bits per heavy atom. The molecule has 7 nitrogen and oxygen atoms in total. The van der Waals surface area contributed by atoms with E-state index in [1.165, 1.54) is 30.5 Å². The lowest BCUT2D eigenvalue weighted by Crippen LogP contribution is -2.20. The topological polar surface area (TPSA) is 115 Å². The highest BCUT2D eigenvalue weighted by molar-refractivity contribution is 6.31. The minimum atomic E-state index is -4.69. The van der Waals surface area contributed by atoms with Gasteiger partial charge in [0.15, 0.2) is 17.3 Å². The summed E-state index contributed by atoms with van der Waals surface area (Å²) in [4.78, 5) is 15.8. The lowest BCUT2D eigenvalue weighted by molar-refractivity contribution is -0.137. The molecule has 0 atom stereocenters. The number of aromatic nitrogens is 1. The molecular weight excluding hydrogens is 442 g/mol. The van der Waals surface area contributed by atoms with Crippen molar-refractivity contribution >= 4 is 40.5 Å². The van der Waals surface area contributed by atoms with Crippen LogP contribution in [0.2, 0.25) is 5.02 Å². The van der Waals surface area contributed by atoms with Gasteiger partial charge in [0.1, 0.15) is 11.5 Å². The fraction of sp³-hybridized carbons (Fsp3) is 0.0526. The molecule has 162 valence electrons. The number of urea groups is 1. The van der Waals surface area contributed by atoms with Crippen LogP contribution in [0.3, 0.4) is 0 Å². The quantitative estimate of drug-likeness (QED) is 0.388. The second kappa shape index (κ2) is 8.56. The predicted octanol–water partition coefficient (Wildman–Crippen LogP) is 5.49. The number of carbonyl (C=O) groups is 1. The highest BCUT2D eigenvalue weighted by atomic mass is 35.5. The monoisotopic (exact) mass is 455 g/mol. The average Bonchev–Trinajstić information content (AvgIpc) is 2.68. The molecule has 1 heterocycles. The molecule has 31 heavy (non-hydrogen) atoms. The van der Waals surface area contributed by atoms with Crippen LogP contribution in [-0.2, 0) is 6.18 Å². The van der Waals surface area contributed by atoms with Crippen LogP contribution < -0.4 is 26.8 Å². The first-order chi connectivity index (χ1) is 14.5. The molecule has 6 N–H and O–H groups in total. The molecule has 0 fully saturated rings. The van der Waals surface area contributed by atoms with Gasteiger partial charge in [-0.2, -0.15) is 13.2 Å². The van der Waals surface area contributed by atoms with Gasteiger partial charge in [-0.05, 0) is 30.3 Å². The number of ether oxygens (including phenoxy) is 1. The first-order valence-corrected chi connectivity index (χ1v) is 8.84. The summed E-state index contributed by atoms with van der Waals surface area (Å²) in [7, 11) is 0. The van der Waals surface area contributed by atoms with Crippen molar-refractivity contribution in [2.24, 2.45) is 0 Å². The van der Waals surface area contributed by atoms with Crippen LogP contribution in [0.25, 0.3) is 0 Å². The molecule has 0 saturated heterocycles. The molecule has 0 bridgehead atoms. The van der Waals surface area contributed by atoms with Crippen molar-refractivity contribution in [2.45, 2.75) is 6.18 Å². The number of carbonyl (C=O) groups excluding carboxylic acids is 1. The molecule has 0 spiro atoms. The first-order valence-electron chi connectivity index (χ1n) is 8.46. The van der Waals surface area contributed by atoms with E-state index in [1.54, 1.807) is 0 Å². The third kappa shape index (κ3) is 5.25. The summed E-state index contributed by atoms with van der Waals surface area (Å²) in [5.74, 6) is -0.925. The Hall–Kier alpha value is -3.73. The van der Waals surface area contributed by atoms with Gasteiger partial charge >= 0.3 is 12.2 Å². The molecule has 2 aromatic carbocycles. The van der Waals surface area contributed by atoms with Gasteiger partial charge in [0.2, 0.25) is 0 Å². The Labute approximate surface area is 178 Å². The van der Waals surface area contributed by atoms with E-state index in [9.17, 15) is 22.4 Å². The molecule has 3 aromatic rings. The van der Waals surface area contributed by atoms with Crippen LogP contribution in [0.5, 0.6) is 11.5 Å². The second-order valence-corrected chi connectivity index (χ2v) is 6.53. The van der Waals surface area contributed by atoms with Crippen molar-refractivity contribution in [3.05, 3.63) is 65.1 Å². The van der Waals surface area contributed by atoms with Gasteiger partial charge in [-0.1, -0.05) is 11.6 Å². The Kier molecular flexibility index (Phi) is 6.07. The Morgan fingerprint density at radius 1 is 1.00 bits per heavy atom. The second-order valence-electron chi connectivity index (χ2n) is 6.13. The number of amides is 2. The summed E-state index contributed by atoms with van der Waals surface area (Å²) in [6.45, 7) is 0. The minimum absolute atomic E-state index is 0.0174. The first kappa shape index (κ1) is 22.0. The van der Waals surface area contributed by atoms with Crippen LogP contribution in [-0.4, -0.2) is 11.0 Å². The van der Waals surface area contributed by atoms with Crippen molar-refractivity contribution in [3.63, 3.8) is 0 Å². The SMILES string of the molecule is Nc1nccc(Oc2ccc(NC(=O)Nc3ccc(Cl)c(C(F)(F)F)c3)cc2F)c1N. The number of anilines is 4. The molecule has 0 radical (unpaired) electrons. The third-order valence-corrected chi connectivity index (χ3v) is 4.25. The van der Waals surface area contributed by atoms with E-state index in [1.807, 2.05) is 0 Å². The van der Waals surface area contributed by atoms with Gasteiger partial charge in [-0.3, -0.25) is 0 Å². The largest absolute Gasteiger partial charge is 0.452 e. The zero-order valence-corrected chi connectivity index (χ0v) is 16.2. The van der Waals surface area contributed by atoms with Gasteiger partial charge in [0.25, 0.3) is 0 Å². The van der Waals surface area contributed by atoms with Gasteiger partial charge in [0.05, 0.1) is 10.6 Å². The Bertz CT molecular complexity index is 1140. The Balaban J connectivity index is 1.70. The molecule has 0 unspecified atom stereocenters. The van der Waals surface area contributed by atoms with Crippen LogP contribution in [0.1, 0.15) is 5.56 Å². The van der Waals surface area contributed by atoms with Crippen LogP contribution in [0.4, 0.5) is 45.2 Å². The molecular formula is C19H14ClF4N5O2. The summed E-state index contributed by atoms with van der Waals surface area (Å²) >= 11 is 5.54. The molecule has 0 saturated carbocycles. The summed E-state index contributed by atoms with van der Waals surface area (Å²) in [5.41, 5.74) is 10.1. The van der Waals surface area contributed by atoms with E-state index in [2.05, 4.69) is 15.6 Å². The highest BCUT2D eigenvalue weighted by Gasteiger charge is 2.33. The number of nitrogens with two attached hydrogens (primary N) is 2. The van der Waals surface area contributed by atoms with Crippen molar-refractivity contribution in [1.29, 1.82) is 0 Å². The van der Waals surface area contributed by atoms with Crippen molar-refractivity contribution in [2.75, 3.05) is 22.1 Å². The van der Waals surface area contributed by atoms with Gasteiger partial charge in [-0.15, -0.1) is 0 Å². The number of nitrogens with one attached hydrogen (secondary N) is 2. The van der Waals surface area contributed by atoms with Crippen LogP contribution in [0, 0.1) is 5.82 Å². The zero-order chi connectivity index (χ0) is 22.8. The molecule has 1 aromatic heterocycles. The van der Waals surface area contributed by atoms with E-state index in [0.717, 1.165) is 12.1 Å². The summed E-state index contributed by atoms with van der Waals surface area (Å²) in [6, 6.07) is 6.89. The van der Waals surface area contributed by atoms with Crippen molar-refractivity contribution in [3.8, 4) is 11.5 Å². The number of benzene rings is 2. The highest BCUT2D eigenvalue weighted by Crippen LogP contribution is 2.36. The molecule has 0 aliphatic rings. The van der Waals surface area contributed by atoms with Gasteiger partial charge < -0.3 is 26.8 Å². The number of rotatable bonds is 4. The maximum Gasteiger partial charge on any atom is 0.417 e. The lowest BCUT2D eigenvalue weighted by Gasteiger charge is -2.13. The minimum Gasteiger partial charge on any atom is -0.452 e. The number of nitrogens with zero attached hydrogens (tertiary/aromatic N) is 1. The maximum atomic E-state index is 14.3. The molecule has 2 amide bonds. The molecule has 12 heteroatoms. The third-order valence-electron chi connectivity index (χ3n) is 3.92. The number of hydrogen-bond acceptors (Lipinski definition) is 5. The van der Waals surface area contributed by atoms with E-state index in [-0.39, 0.29) is 34.4 Å². The fourth-order valence-electron chi connectivity index (χ4n) is 2.45. The number of hydrogen-bond donors (Lipinski definition) is 4. The normalized spacial score (nSPS) is 11.1. The predicted molar refractivity (Wildman–Crippen MR) is 109 cm³/mol. The average molecular weight is 456 g/mol. The van der Waals surface area contributed by atoms with Crippen molar-refractivity contribution in [1.82, 2.24) is 4.98 Å². The summed E-state index contributed by atoms with van der Waals surface area (Å²) in [6.07, 6.45) is -3.35. The van der Waals surface area contributed by atoms with E-state index >= 15 is 0 Å². The summed E-state index contributed by atoms with van der Waals surface area (Å²) < 4.78 is 58.5. The number of halogens is 5. The number of alkyl halides is 3. The molecule has 3 rings (SSSR count). The Morgan fingerprint density at radius 2 is 1.65 bits per heavy atom. The van der Waals surface area contributed by atoms with Crippen LogP contribution in [0.15, 0.2) is 48.7 Å². The van der Waals surface area contributed by atoms with E-state index in [4.69, 9.17) is 27.8 Å². The fourth-order valence-corrected chi connectivity index (χ4v) is 2.68. The smallest absolute Gasteiger partial charge is 0.417 e. The summed E-state index contributed by atoms with van der Waals surface area (Å²) in [5, 5.41) is 4.01. The molecule has 0 aliphatic heterocycles. The van der Waals surface area contributed by atoms with Gasteiger partial charge in [-0.25, -0.2) is 14.2 Å².